The summed E-state index contributed by atoms with van der Waals surface area (Å²) in [7, 11) is 6.02. The molecule has 0 bridgehead atoms. The molecule has 0 fully saturated rings. The van der Waals surface area contributed by atoms with Crippen molar-refractivity contribution in [3.63, 3.8) is 0 Å². The third kappa shape index (κ3) is 5.96. The van der Waals surface area contributed by atoms with Gasteiger partial charge in [-0.15, -0.1) is 0 Å². The van der Waals surface area contributed by atoms with Crippen molar-refractivity contribution in [2.24, 2.45) is 0 Å². The molecule has 0 saturated carbocycles. The van der Waals surface area contributed by atoms with E-state index in [0.717, 1.165) is 22.3 Å². The largest absolute Gasteiger partial charge is 0.504 e. The zero-order valence-corrected chi connectivity index (χ0v) is 22.9. The highest BCUT2D eigenvalue weighted by molar-refractivity contribution is 5.51. The summed E-state index contributed by atoms with van der Waals surface area (Å²) in [6.07, 6.45) is 1.28. The fraction of sp³-hybridized carbons (Fsp3) is 0.250. The Kier molecular flexibility index (Phi) is 8.79. The van der Waals surface area contributed by atoms with Crippen LogP contribution in [-0.2, 0) is 0 Å². The first-order valence-electron chi connectivity index (χ1n) is 12.8. The number of ether oxygens (including phenoxy) is 4. The lowest BCUT2D eigenvalue weighted by Crippen LogP contribution is -2.08. The number of phenols is 4. The second-order valence-electron chi connectivity index (χ2n) is 9.41. The molecule has 4 rings (SSSR count). The van der Waals surface area contributed by atoms with E-state index in [1.807, 2.05) is 48.5 Å². The Hall–Kier alpha value is -4.72. The van der Waals surface area contributed by atoms with Crippen LogP contribution in [0.2, 0.25) is 0 Å². The van der Waals surface area contributed by atoms with Crippen molar-refractivity contribution < 1.29 is 39.4 Å². The highest BCUT2D eigenvalue weighted by atomic mass is 16.5. The second-order valence-corrected chi connectivity index (χ2v) is 9.41. The molecule has 0 heterocycles. The monoisotopic (exact) mass is 546 g/mol. The number of hydrogen-bond acceptors (Lipinski definition) is 8. The van der Waals surface area contributed by atoms with Crippen LogP contribution in [0.5, 0.6) is 46.0 Å². The van der Waals surface area contributed by atoms with Gasteiger partial charge in [0.15, 0.2) is 46.0 Å². The quantitative estimate of drug-likeness (QED) is 0.173. The van der Waals surface area contributed by atoms with Crippen molar-refractivity contribution >= 4 is 0 Å². The molecule has 0 spiro atoms. The second kappa shape index (κ2) is 12.4. The molecule has 0 radical (unpaired) electrons. The molecule has 0 aliphatic heterocycles. The molecule has 0 saturated heterocycles. The Morgan fingerprint density at radius 2 is 0.650 bits per heavy atom. The van der Waals surface area contributed by atoms with Gasteiger partial charge in [0, 0.05) is 11.8 Å². The lowest BCUT2D eigenvalue weighted by Gasteiger charge is -2.25. The molecule has 210 valence electrons. The first-order chi connectivity index (χ1) is 19.3. The standard InChI is InChI=1S/C32H34O8/c1-37-29-15-19(5-11-25(29)33)23(20-6-12-26(34)30(16-20)38-2)9-10-24(21-7-13-27(35)31(17-21)39-3)22-8-14-28(36)32(18-22)40-4/h5-8,11-18,23-24,33-36H,9-10H2,1-4H3. The van der Waals surface area contributed by atoms with Gasteiger partial charge in [-0.25, -0.2) is 0 Å². The summed E-state index contributed by atoms with van der Waals surface area (Å²) in [5.74, 6) is 1.27. The van der Waals surface area contributed by atoms with E-state index >= 15 is 0 Å². The van der Waals surface area contributed by atoms with E-state index in [4.69, 9.17) is 18.9 Å². The highest BCUT2D eigenvalue weighted by Crippen LogP contribution is 2.43. The Morgan fingerprint density at radius 1 is 0.425 bits per heavy atom. The number of phenolic OH excluding ortho intramolecular Hbond substituents is 4. The summed E-state index contributed by atoms with van der Waals surface area (Å²) in [6, 6.07) is 21.0. The summed E-state index contributed by atoms with van der Waals surface area (Å²) in [4.78, 5) is 0. The van der Waals surface area contributed by atoms with Crippen molar-refractivity contribution in [3.05, 3.63) is 95.1 Å². The lowest BCUT2D eigenvalue weighted by atomic mass is 9.80. The minimum Gasteiger partial charge on any atom is -0.504 e. The van der Waals surface area contributed by atoms with Crippen LogP contribution in [0.15, 0.2) is 72.8 Å². The van der Waals surface area contributed by atoms with Gasteiger partial charge < -0.3 is 39.4 Å². The van der Waals surface area contributed by atoms with Crippen molar-refractivity contribution in [2.75, 3.05) is 28.4 Å². The molecule has 0 amide bonds. The molecule has 0 aromatic heterocycles. The first-order valence-corrected chi connectivity index (χ1v) is 12.8. The van der Waals surface area contributed by atoms with E-state index < -0.39 is 0 Å². The zero-order valence-electron chi connectivity index (χ0n) is 22.9. The first kappa shape index (κ1) is 28.3. The van der Waals surface area contributed by atoms with Crippen LogP contribution in [0.4, 0.5) is 0 Å². The predicted octanol–water partition coefficient (Wildman–Crippen LogP) is 6.29. The Labute approximate surface area is 233 Å². The summed E-state index contributed by atoms with van der Waals surface area (Å²) in [5.41, 5.74) is 3.64. The van der Waals surface area contributed by atoms with Crippen molar-refractivity contribution in [1.82, 2.24) is 0 Å². The third-order valence-electron chi connectivity index (χ3n) is 7.17. The molecule has 0 atom stereocenters. The minimum absolute atomic E-state index is 0.0403. The summed E-state index contributed by atoms with van der Waals surface area (Å²) < 4.78 is 21.5. The van der Waals surface area contributed by atoms with Gasteiger partial charge in [-0.2, -0.15) is 0 Å². The number of rotatable bonds is 11. The number of hydrogen-bond donors (Lipinski definition) is 4. The van der Waals surface area contributed by atoms with Crippen LogP contribution >= 0.6 is 0 Å². The van der Waals surface area contributed by atoms with Crippen LogP contribution in [0.3, 0.4) is 0 Å². The molecule has 40 heavy (non-hydrogen) atoms. The molecular formula is C32H34O8. The summed E-state index contributed by atoms with van der Waals surface area (Å²) >= 11 is 0. The molecular weight excluding hydrogens is 512 g/mol. The van der Waals surface area contributed by atoms with Gasteiger partial charge in [-0.05, 0) is 83.6 Å². The maximum atomic E-state index is 10.2. The average molecular weight is 547 g/mol. The average Bonchev–Trinajstić information content (AvgIpc) is 2.97. The highest BCUT2D eigenvalue weighted by Gasteiger charge is 2.23. The molecule has 0 aliphatic rings. The van der Waals surface area contributed by atoms with E-state index in [9.17, 15) is 20.4 Å². The van der Waals surface area contributed by atoms with Gasteiger partial charge in [0.1, 0.15) is 0 Å². The molecule has 8 heteroatoms. The topological polar surface area (TPSA) is 118 Å². The molecule has 0 unspecified atom stereocenters. The van der Waals surface area contributed by atoms with Crippen molar-refractivity contribution in [3.8, 4) is 46.0 Å². The Morgan fingerprint density at radius 3 is 0.850 bits per heavy atom. The number of methoxy groups -OCH3 is 4. The van der Waals surface area contributed by atoms with E-state index in [1.165, 1.54) is 28.4 Å². The van der Waals surface area contributed by atoms with Crippen LogP contribution in [0, 0.1) is 0 Å². The van der Waals surface area contributed by atoms with E-state index in [0.29, 0.717) is 35.8 Å². The van der Waals surface area contributed by atoms with Crippen LogP contribution in [0.1, 0.15) is 46.9 Å². The Bertz CT molecular complexity index is 1250. The van der Waals surface area contributed by atoms with Gasteiger partial charge in [-0.1, -0.05) is 24.3 Å². The van der Waals surface area contributed by atoms with Gasteiger partial charge in [-0.3, -0.25) is 0 Å². The number of benzene rings is 4. The van der Waals surface area contributed by atoms with Gasteiger partial charge in [0.25, 0.3) is 0 Å². The summed E-state index contributed by atoms with van der Waals surface area (Å²) in [6.45, 7) is 0. The zero-order chi connectivity index (χ0) is 28.8. The minimum atomic E-state index is -0.162. The van der Waals surface area contributed by atoms with Gasteiger partial charge in [0.2, 0.25) is 0 Å². The van der Waals surface area contributed by atoms with Gasteiger partial charge >= 0.3 is 0 Å². The fourth-order valence-corrected chi connectivity index (χ4v) is 5.03. The van der Waals surface area contributed by atoms with Crippen molar-refractivity contribution in [1.29, 1.82) is 0 Å². The molecule has 4 N–H and O–H groups in total. The fourth-order valence-electron chi connectivity index (χ4n) is 5.03. The number of aromatic hydroxyl groups is 4. The molecule has 0 aliphatic carbocycles. The lowest BCUT2D eigenvalue weighted by molar-refractivity contribution is 0.371. The van der Waals surface area contributed by atoms with E-state index in [1.54, 1.807) is 24.3 Å². The van der Waals surface area contributed by atoms with Crippen LogP contribution < -0.4 is 18.9 Å². The maximum absolute atomic E-state index is 10.2. The summed E-state index contributed by atoms with van der Waals surface area (Å²) in [5, 5.41) is 40.9. The van der Waals surface area contributed by atoms with Crippen molar-refractivity contribution in [2.45, 2.75) is 24.7 Å². The maximum Gasteiger partial charge on any atom is 0.160 e. The predicted molar refractivity (Wildman–Crippen MR) is 152 cm³/mol. The molecule has 8 nitrogen and oxygen atoms in total. The third-order valence-corrected chi connectivity index (χ3v) is 7.17. The van der Waals surface area contributed by atoms with Gasteiger partial charge in [0.05, 0.1) is 28.4 Å². The van der Waals surface area contributed by atoms with E-state index in [-0.39, 0.29) is 34.8 Å². The van der Waals surface area contributed by atoms with Crippen LogP contribution in [0.25, 0.3) is 0 Å². The normalized spacial score (nSPS) is 11.1. The SMILES string of the molecule is COc1cc(C(CCC(c2ccc(O)c(OC)c2)c2ccc(O)c(OC)c2)c2ccc(O)c(OC)c2)ccc1O. The smallest absolute Gasteiger partial charge is 0.160 e. The molecule has 4 aromatic rings. The Balaban J connectivity index is 1.80. The molecule has 4 aromatic carbocycles. The van der Waals surface area contributed by atoms with E-state index in [2.05, 4.69) is 0 Å². The van der Waals surface area contributed by atoms with Crippen LogP contribution in [-0.4, -0.2) is 48.9 Å².